The predicted octanol–water partition coefficient (Wildman–Crippen LogP) is 2.69. The average molecular weight is 263 g/mol. The molecule has 3 rings (SSSR count). The van der Waals surface area contributed by atoms with Crippen molar-refractivity contribution in [3.63, 3.8) is 0 Å². The SMILES string of the molecule is CC1CCCCCN1Cc1cc(CNC2CC2)no1. The third-order valence-corrected chi connectivity index (χ3v) is 4.31. The third-order valence-electron chi connectivity index (χ3n) is 4.31. The zero-order chi connectivity index (χ0) is 13.1. The van der Waals surface area contributed by atoms with Gasteiger partial charge in [-0.1, -0.05) is 18.0 Å². The maximum atomic E-state index is 5.48. The Bertz CT molecular complexity index is 400. The standard InChI is InChI=1S/C15H25N3O/c1-12-5-3-2-4-8-18(12)11-15-9-14(17-19-15)10-16-13-6-7-13/h9,12-13,16H,2-8,10-11H2,1H3. The second-order valence-corrected chi connectivity index (χ2v) is 6.11. The van der Waals surface area contributed by atoms with Gasteiger partial charge in [-0.3, -0.25) is 4.90 Å². The molecule has 19 heavy (non-hydrogen) atoms. The van der Waals surface area contributed by atoms with E-state index in [4.69, 9.17) is 4.52 Å². The van der Waals surface area contributed by atoms with Crippen LogP contribution in [0.15, 0.2) is 10.6 Å². The number of nitrogens with one attached hydrogen (secondary N) is 1. The Morgan fingerprint density at radius 2 is 2.21 bits per heavy atom. The molecular weight excluding hydrogens is 238 g/mol. The highest BCUT2D eigenvalue weighted by Crippen LogP contribution is 2.21. The summed E-state index contributed by atoms with van der Waals surface area (Å²) in [6.07, 6.45) is 7.99. The fourth-order valence-electron chi connectivity index (χ4n) is 2.82. The first-order valence-corrected chi connectivity index (χ1v) is 7.73. The van der Waals surface area contributed by atoms with Crippen LogP contribution in [-0.4, -0.2) is 28.7 Å². The number of hydrogen-bond donors (Lipinski definition) is 1. The van der Waals surface area contributed by atoms with E-state index >= 15 is 0 Å². The van der Waals surface area contributed by atoms with Gasteiger partial charge in [-0.15, -0.1) is 0 Å². The molecule has 106 valence electrons. The Kier molecular flexibility index (Phi) is 4.18. The maximum absolute atomic E-state index is 5.48. The van der Waals surface area contributed by atoms with Crippen LogP contribution in [0.5, 0.6) is 0 Å². The first-order chi connectivity index (χ1) is 9.31. The van der Waals surface area contributed by atoms with Crippen LogP contribution in [0.2, 0.25) is 0 Å². The highest BCUT2D eigenvalue weighted by molar-refractivity contribution is 5.06. The number of likely N-dealkylation sites (tertiary alicyclic amines) is 1. The summed E-state index contributed by atoms with van der Waals surface area (Å²) in [6.45, 7) is 5.29. The van der Waals surface area contributed by atoms with E-state index in [1.165, 1.54) is 45.1 Å². The Morgan fingerprint density at radius 1 is 1.32 bits per heavy atom. The van der Waals surface area contributed by atoms with Gasteiger partial charge in [-0.05, 0) is 39.2 Å². The normalized spacial score (nSPS) is 25.4. The summed E-state index contributed by atoms with van der Waals surface area (Å²) in [6, 6.07) is 3.51. The highest BCUT2D eigenvalue weighted by Gasteiger charge is 2.21. The molecule has 1 saturated carbocycles. The largest absolute Gasteiger partial charge is 0.360 e. The summed E-state index contributed by atoms with van der Waals surface area (Å²) < 4.78 is 5.48. The molecule has 0 aromatic carbocycles. The fourth-order valence-corrected chi connectivity index (χ4v) is 2.82. The van der Waals surface area contributed by atoms with Crippen molar-refractivity contribution >= 4 is 0 Å². The first-order valence-electron chi connectivity index (χ1n) is 7.73. The minimum absolute atomic E-state index is 0.667. The molecule has 1 saturated heterocycles. The van der Waals surface area contributed by atoms with Crippen molar-refractivity contribution in [2.45, 2.75) is 70.6 Å². The second-order valence-electron chi connectivity index (χ2n) is 6.11. The summed E-state index contributed by atoms with van der Waals surface area (Å²) in [5.74, 6) is 1.02. The fraction of sp³-hybridized carbons (Fsp3) is 0.800. The summed E-state index contributed by atoms with van der Waals surface area (Å²) in [5, 5.41) is 7.64. The smallest absolute Gasteiger partial charge is 0.151 e. The van der Waals surface area contributed by atoms with Crippen molar-refractivity contribution in [3.8, 4) is 0 Å². The van der Waals surface area contributed by atoms with Crippen LogP contribution >= 0.6 is 0 Å². The van der Waals surface area contributed by atoms with Crippen molar-refractivity contribution in [1.29, 1.82) is 0 Å². The molecule has 1 aliphatic heterocycles. The zero-order valence-electron chi connectivity index (χ0n) is 11.9. The molecule has 4 heteroatoms. The molecule has 1 aliphatic carbocycles. The maximum Gasteiger partial charge on any atom is 0.151 e. The minimum Gasteiger partial charge on any atom is -0.360 e. The van der Waals surface area contributed by atoms with E-state index in [-0.39, 0.29) is 0 Å². The first kappa shape index (κ1) is 13.1. The molecule has 1 unspecified atom stereocenters. The van der Waals surface area contributed by atoms with Crippen LogP contribution in [0, 0.1) is 0 Å². The molecule has 0 amide bonds. The molecule has 2 heterocycles. The van der Waals surface area contributed by atoms with E-state index in [1.807, 2.05) is 0 Å². The Labute approximate surface area is 115 Å². The van der Waals surface area contributed by atoms with Crippen molar-refractivity contribution in [3.05, 3.63) is 17.5 Å². The third kappa shape index (κ3) is 3.80. The van der Waals surface area contributed by atoms with Gasteiger partial charge in [0.25, 0.3) is 0 Å². The van der Waals surface area contributed by atoms with Gasteiger partial charge in [0.2, 0.25) is 0 Å². The lowest BCUT2D eigenvalue weighted by molar-refractivity contribution is 0.182. The average Bonchev–Trinajstić information content (AvgIpc) is 3.16. The van der Waals surface area contributed by atoms with Crippen LogP contribution < -0.4 is 5.32 Å². The monoisotopic (exact) mass is 263 g/mol. The van der Waals surface area contributed by atoms with Gasteiger partial charge < -0.3 is 9.84 Å². The number of hydrogen-bond acceptors (Lipinski definition) is 4. The lowest BCUT2D eigenvalue weighted by Crippen LogP contribution is -2.31. The zero-order valence-corrected chi connectivity index (χ0v) is 11.9. The minimum atomic E-state index is 0.667. The molecule has 1 aromatic rings. The molecule has 2 aliphatic rings. The quantitative estimate of drug-likeness (QED) is 0.887. The van der Waals surface area contributed by atoms with E-state index in [9.17, 15) is 0 Å². The van der Waals surface area contributed by atoms with Crippen LogP contribution in [0.1, 0.15) is 56.9 Å². The molecule has 0 radical (unpaired) electrons. The van der Waals surface area contributed by atoms with Gasteiger partial charge in [0.15, 0.2) is 5.76 Å². The van der Waals surface area contributed by atoms with Gasteiger partial charge in [-0.25, -0.2) is 0 Å². The molecule has 0 spiro atoms. The van der Waals surface area contributed by atoms with E-state index in [0.29, 0.717) is 6.04 Å². The van der Waals surface area contributed by atoms with Crippen molar-refractivity contribution in [2.24, 2.45) is 0 Å². The summed E-state index contributed by atoms with van der Waals surface area (Å²) in [4.78, 5) is 2.53. The number of nitrogens with zero attached hydrogens (tertiary/aromatic N) is 2. The van der Waals surface area contributed by atoms with E-state index < -0.39 is 0 Å². The van der Waals surface area contributed by atoms with Crippen molar-refractivity contribution < 1.29 is 4.52 Å². The lowest BCUT2D eigenvalue weighted by Gasteiger charge is -2.25. The van der Waals surface area contributed by atoms with Crippen LogP contribution in [0.25, 0.3) is 0 Å². The molecule has 1 aromatic heterocycles. The molecule has 1 N–H and O–H groups in total. The van der Waals surface area contributed by atoms with Crippen molar-refractivity contribution in [1.82, 2.24) is 15.4 Å². The Morgan fingerprint density at radius 3 is 3.05 bits per heavy atom. The van der Waals surface area contributed by atoms with E-state index in [0.717, 1.165) is 30.6 Å². The highest BCUT2D eigenvalue weighted by atomic mass is 16.5. The summed E-state index contributed by atoms with van der Waals surface area (Å²) in [5.41, 5.74) is 1.05. The Hall–Kier alpha value is -0.870. The van der Waals surface area contributed by atoms with Gasteiger partial charge >= 0.3 is 0 Å². The topological polar surface area (TPSA) is 41.3 Å². The molecule has 0 bridgehead atoms. The van der Waals surface area contributed by atoms with Gasteiger partial charge in [0, 0.05) is 24.7 Å². The number of rotatable bonds is 5. The van der Waals surface area contributed by atoms with Crippen LogP contribution in [0.3, 0.4) is 0 Å². The second kappa shape index (κ2) is 6.06. The van der Waals surface area contributed by atoms with Crippen LogP contribution in [0.4, 0.5) is 0 Å². The molecule has 1 atom stereocenters. The van der Waals surface area contributed by atoms with E-state index in [1.54, 1.807) is 0 Å². The molecule has 4 nitrogen and oxygen atoms in total. The summed E-state index contributed by atoms with van der Waals surface area (Å²) in [7, 11) is 0. The van der Waals surface area contributed by atoms with Crippen molar-refractivity contribution in [2.75, 3.05) is 6.54 Å². The van der Waals surface area contributed by atoms with Crippen LogP contribution in [-0.2, 0) is 13.1 Å². The number of aromatic nitrogens is 1. The lowest BCUT2D eigenvalue weighted by atomic mass is 10.1. The van der Waals surface area contributed by atoms with Gasteiger partial charge in [-0.2, -0.15) is 0 Å². The summed E-state index contributed by atoms with van der Waals surface area (Å²) >= 11 is 0. The predicted molar refractivity (Wildman–Crippen MR) is 74.7 cm³/mol. The van der Waals surface area contributed by atoms with Gasteiger partial charge in [0.1, 0.15) is 0 Å². The molecular formula is C15H25N3O. The van der Waals surface area contributed by atoms with Gasteiger partial charge in [0.05, 0.1) is 12.2 Å². The molecule has 2 fully saturated rings. The van der Waals surface area contributed by atoms with E-state index in [2.05, 4.69) is 28.4 Å². The Balaban J connectivity index is 1.52.